The molecule has 0 unspecified atom stereocenters. The highest BCUT2D eigenvalue weighted by atomic mass is 32.3. The molecule has 15 aliphatic rings. The van der Waals surface area contributed by atoms with Crippen LogP contribution < -0.4 is 0 Å². The lowest BCUT2D eigenvalue weighted by atomic mass is 9.88. The third-order valence-electron chi connectivity index (χ3n) is 15.7. The predicted octanol–water partition coefficient (Wildman–Crippen LogP) is 32.4. The molecule has 19 rings (SSSR count). The molecule has 0 amide bonds. The minimum Gasteiger partial charge on any atom is -0.122 e. The van der Waals surface area contributed by atoms with E-state index in [0.717, 1.165) is 0 Å². The summed E-state index contributed by atoms with van der Waals surface area (Å²) in [6.45, 7) is 18.5. The maximum absolute atomic E-state index is 2.47. The summed E-state index contributed by atoms with van der Waals surface area (Å²) in [7, 11) is 0. The molecule has 496 valence electrons. The van der Waals surface area contributed by atoms with Crippen molar-refractivity contribution in [2.75, 3.05) is 50.0 Å². The summed E-state index contributed by atoms with van der Waals surface area (Å²) in [5.41, 5.74) is 20.2. The fourth-order valence-electron chi connectivity index (χ4n) is 11.3. The van der Waals surface area contributed by atoms with Crippen molar-refractivity contribution in [2.24, 2.45) is 0 Å². The lowest BCUT2D eigenvalue weighted by Gasteiger charge is -2.23. The average molecular weight is 1700 g/mol. The minimum atomic E-state index is 1.23. The lowest BCUT2D eigenvalue weighted by Crippen LogP contribution is -2.00. The summed E-state index contributed by atoms with van der Waals surface area (Å²) in [4.78, 5) is 10.9. The third kappa shape index (κ3) is 15.5. The van der Waals surface area contributed by atoms with Crippen LogP contribution in [-0.4, -0.2) is 50.0 Å². The SMILES string of the molecule is CSC1=C(C)S/C(=C2/C(=C3\SC(C)=C(SC)S3)c3ccc(cc3)C(=C3\SC(C)=C(SC)S3)/C(=C3\SC(C)=C(SC)S3)c3ccc(cc3)C(=C3\SC(C)=C(SC)S3)/C(=C3\SC(C)=C(SC)S3)c3ccc(cc3)C(=C3\SC(C)=C(SC)S3)/C(=C3\SC(C)=C(SC)S3)c3ccc2cc3)S1. The van der Waals surface area contributed by atoms with Crippen LogP contribution in [-0.2, 0) is 0 Å². The Morgan fingerprint density at radius 3 is 0.323 bits per heavy atom. The monoisotopic (exact) mass is 1700 g/mol. The zero-order chi connectivity index (χ0) is 67.4. The minimum absolute atomic E-state index is 1.23. The molecule has 4 aromatic rings. The molecule has 7 aliphatic carbocycles. The van der Waals surface area contributed by atoms with Crippen LogP contribution in [0.4, 0.5) is 0 Å². The Labute approximate surface area is 671 Å². The molecule has 8 bridgehead atoms. The third-order valence-corrected chi connectivity index (χ3v) is 47.4. The molecule has 0 radical (unpaired) electrons. The Kier molecular flexibility index (Phi) is 26.3. The zero-order valence-electron chi connectivity index (χ0n) is 55.0. The summed E-state index contributed by atoms with van der Waals surface area (Å²) in [5.74, 6) is 0. The molecule has 0 saturated heterocycles. The van der Waals surface area contributed by atoms with Crippen molar-refractivity contribution >= 4 is 327 Å². The molecule has 0 nitrogen and oxygen atoms in total. The van der Waals surface area contributed by atoms with Gasteiger partial charge in [0.25, 0.3) is 0 Å². The first-order chi connectivity index (χ1) is 46.5. The molecule has 0 fully saturated rings. The van der Waals surface area contributed by atoms with Gasteiger partial charge in [-0.3, -0.25) is 0 Å². The second kappa shape index (κ2) is 33.5. The van der Waals surface area contributed by atoms with E-state index in [0.29, 0.717) is 0 Å². The highest BCUT2D eigenvalue weighted by Gasteiger charge is 2.37. The number of benzene rings is 4. The van der Waals surface area contributed by atoms with Gasteiger partial charge in [-0.05, 0) is 150 Å². The first kappa shape index (κ1) is 75.4. The smallest absolute Gasteiger partial charge is 0.0586 e. The van der Waals surface area contributed by atoms with Crippen LogP contribution in [0.5, 0.6) is 0 Å². The maximum atomic E-state index is 2.47. The van der Waals surface area contributed by atoms with Crippen molar-refractivity contribution in [2.45, 2.75) is 55.4 Å². The Hall–Kier alpha value is 1.12. The topological polar surface area (TPSA) is 0 Å². The van der Waals surface area contributed by atoms with E-state index in [9.17, 15) is 0 Å². The number of hydrogen-bond acceptors (Lipinski definition) is 24. The summed E-state index contributed by atoms with van der Waals surface area (Å²) in [6, 6.07) is 39.4. The van der Waals surface area contributed by atoms with Gasteiger partial charge in [0.2, 0.25) is 0 Å². The van der Waals surface area contributed by atoms with Crippen molar-refractivity contribution in [1.29, 1.82) is 0 Å². The van der Waals surface area contributed by atoms with Gasteiger partial charge in [-0.2, -0.15) is 0 Å². The van der Waals surface area contributed by atoms with E-state index >= 15 is 0 Å². The molecule has 4 aromatic carbocycles. The molecule has 0 saturated carbocycles. The zero-order valence-corrected chi connectivity index (χ0v) is 74.6. The Morgan fingerprint density at radius 1 is 0.156 bits per heavy atom. The number of allylic oxidation sites excluding steroid dienone is 16. The average Bonchev–Trinajstić information content (AvgIpc) is 1.45. The van der Waals surface area contributed by atoms with Gasteiger partial charge in [0.15, 0.2) is 0 Å². The Balaban J connectivity index is 1.12. The fraction of sp³-hybridized carbons (Fsp3) is 0.222. The van der Waals surface area contributed by atoms with Crippen LogP contribution in [0.25, 0.3) is 44.6 Å². The molecular weight excluding hydrogens is 1630 g/mol. The van der Waals surface area contributed by atoms with Crippen LogP contribution in [0, 0.1) is 0 Å². The predicted molar refractivity (Wildman–Crippen MR) is 492 cm³/mol. The molecule has 8 heterocycles. The van der Waals surface area contributed by atoms with Gasteiger partial charge >= 0.3 is 0 Å². The summed E-state index contributed by atoms with van der Waals surface area (Å²) < 4.78 is 21.6. The van der Waals surface area contributed by atoms with Gasteiger partial charge in [0, 0.05) is 83.8 Å². The van der Waals surface area contributed by atoms with Crippen molar-refractivity contribution < 1.29 is 0 Å². The Morgan fingerprint density at radius 2 is 0.250 bits per heavy atom. The molecule has 96 heavy (non-hydrogen) atoms. The van der Waals surface area contributed by atoms with Gasteiger partial charge in [0.05, 0.1) is 67.8 Å². The Bertz CT molecular complexity index is 3650. The standard InChI is InChI=1S/C72H64S24/c1-33-57(73-9)89-65(81-33)49-41-17-19-43(20-18-41)51(67-83-35(3)59(75-11)91-67)53(69-85-37(5)61(77-13)93-69)45-25-27-47(28-26-45)55(71-87-39(7)63(79-15)95-71)56(72-88-40(8)64(80-16)96-72)48-31-29-46(30-32-48)54(70-86-38(6)62(78-14)94-70)52(68-84-36(4)60(76-12)92-68)44-23-21-42(22-24-44)50(49)66-82-34(2)58(74-10)90-66/h17-32H,1-16H3/b65-49-,66-50+,67-51+,68-52-,69-53-,70-54+,71-55+,72-56-. The first-order valence-electron chi connectivity index (χ1n) is 29.7. The van der Waals surface area contributed by atoms with Crippen molar-refractivity contribution in [3.63, 3.8) is 0 Å². The van der Waals surface area contributed by atoms with E-state index in [2.05, 4.69) is 202 Å². The molecule has 8 aliphatic heterocycles. The molecular formula is C72H64S24. The lowest BCUT2D eigenvalue weighted by molar-refractivity contribution is 1.52. The van der Waals surface area contributed by atoms with Gasteiger partial charge < -0.3 is 0 Å². The van der Waals surface area contributed by atoms with Crippen LogP contribution in [0.15, 0.2) is 204 Å². The first-order valence-corrected chi connectivity index (χ1v) is 52.6. The maximum Gasteiger partial charge on any atom is 0.0586 e. The van der Waals surface area contributed by atoms with E-state index in [-0.39, 0.29) is 0 Å². The van der Waals surface area contributed by atoms with Crippen LogP contribution >= 0.6 is 282 Å². The molecule has 0 atom stereocenters. The second-order valence-electron chi connectivity index (χ2n) is 21.6. The number of thioether (sulfide) groups is 24. The second-order valence-corrected chi connectivity index (χ2v) is 50.3. The summed E-state index contributed by atoms with van der Waals surface area (Å²) >= 11 is 46.2. The van der Waals surface area contributed by atoms with Gasteiger partial charge in [-0.25, -0.2) is 0 Å². The van der Waals surface area contributed by atoms with Crippen molar-refractivity contribution in [3.8, 4) is 0 Å². The van der Waals surface area contributed by atoms with Gasteiger partial charge in [-0.1, -0.05) is 285 Å². The normalized spacial score (nSPS) is 26.3. The van der Waals surface area contributed by atoms with Crippen LogP contribution in [0.2, 0.25) is 0 Å². The molecule has 24 heteroatoms. The largest absolute Gasteiger partial charge is 0.122 e. The molecule has 0 spiro atoms. The molecule has 0 N–H and O–H groups in total. The highest BCUT2D eigenvalue weighted by molar-refractivity contribution is 8.40. The van der Waals surface area contributed by atoms with Gasteiger partial charge in [-0.15, -0.1) is 94.1 Å². The van der Waals surface area contributed by atoms with Gasteiger partial charge in [0.1, 0.15) is 0 Å². The molecule has 0 aromatic heterocycles. The van der Waals surface area contributed by atoms with Crippen LogP contribution in [0.3, 0.4) is 0 Å². The van der Waals surface area contributed by atoms with Crippen molar-refractivity contribution in [3.05, 3.63) is 249 Å². The van der Waals surface area contributed by atoms with E-state index in [1.807, 2.05) is 282 Å². The van der Waals surface area contributed by atoms with Crippen molar-refractivity contribution in [1.82, 2.24) is 0 Å². The number of rotatable bonds is 8. The number of hydrogen-bond donors (Lipinski definition) is 0. The quantitative estimate of drug-likeness (QED) is 0.164. The van der Waals surface area contributed by atoms with Crippen LogP contribution in [0.1, 0.15) is 99.9 Å². The fourth-order valence-corrected chi connectivity index (χ4v) is 41.4. The van der Waals surface area contributed by atoms with E-state index in [4.69, 9.17) is 0 Å². The highest BCUT2D eigenvalue weighted by Crippen LogP contribution is 2.68. The summed E-state index contributed by atoms with van der Waals surface area (Å²) in [5, 5.41) is 0. The van der Waals surface area contributed by atoms with E-state index in [1.165, 1.54) is 196 Å². The van der Waals surface area contributed by atoms with E-state index in [1.54, 1.807) is 0 Å². The summed E-state index contributed by atoms with van der Waals surface area (Å²) in [6.07, 6.45) is 17.9. The van der Waals surface area contributed by atoms with E-state index < -0.39 is 0 Å².